The van der Waals surface area contributed by atoms with Crippen molar-refractivity contribution < 1.29 is 4.74 Å². The average molecular weight is 439 g/mol. The molecule has 0 bridgehead atoms. The number of aromatic amines is 1. The van der Waals surface area contributed by atoms with E-state index >= 15 is 0 Å². The van der Waals surface area contributed by atoms with Crippen LogP contribution >= 0.6 is 0 Å². The van der Waals surface area contributed by atoms with Crippen molar-refractivity contribution in [2.45, 2.75) is 78.6 Å². The molecule has 1 N–H and O–H groups in total. The second-order valence-electron chi connectivity index (χ2n) is 9.64. The summed E-state index contributed by atoms with van der Waals surface area (Å²) in [5.74, 6) is 0.805. The maximum atomic E-state index is 12.9. The van der Waals surface area contributed by atoms with E-state index in [-0.39, 0.29) is 17.2 Å². The molecule has 0 spiro atoms. The summed E-state index contributed by atoms with van der Waals surface area (Å²) in [6.07, 6.45) is 3.20. The minimum absolute atomic E-state index is 0.0479. The molecule has 1 atom stereocenters. The van der Waals surface area contributed by atoms with Gasteiger partial charge in [0, 0.05) is 36.2 Å². The zero-order valence-corrected chi connectivity index (χ0v) is 19.8. The molecule has 8 nitrogen and oxygen atoms in total. The third kappa shape index (κ3) is 4.76. The molecule has 1 aliphatic rings. The zero-order valence-electron chi connectivity index (χ0n) is 19.8. The van der Waals surface area contributed by atoms with Crippen LogP contribution in [0.5, 0.6) is 0 Å². The molecule has 172 valence electrons. The fourth-order valence-electron chi connectivity index (χ4n) is 4.46. The first kappa shape index (κ1) is 22.6. The first-order chi connectivity index (χ1) is 15.3. The van der Waals surface area contributed by atoms with Gasteiger partial charge in [0.25, 0.3) is 5.56 Å². The van der Waals surface area contributed by atoms with Gasteiger partial charge >= 0.3 is 0 Å². The molecule has 1 fully saturated rings. The van der Waals surface area contributed by atoms with Gasteiger partial charge in [-0.15, -0.1) is 5.10 Å². The molecule has 0 radical (unpaired) electrons. The van der Waals surface area contributed by atoms with Crippen LogP contribution < -0.4 is 5.56 Å². The summed E-state index contributed by atoms with van der Waals surface area (Å²) in [5, 5.41) is 13.6. The van der Waals surface area contributed by atoms with Crippen LogP contribution in [0.3, 0.4) is 0 Å². The lowest BCUT2D eigenvalue weighted by Gasteiger charge is -2.28. The molecule has 1 aromatic carbocycles. The molecule has 8 heteroatoms. The quantitative estimate of drug-likeness (QED) is 0.579. The predicted molar refractivity (Wildman–Crippen MR) is 125 cm³/mol. The van der Waals surface area contributed by atoms with Crippen molar-refractivity contribution in [3.8, 4) is 0 Å². The van der Waals surface area contributed by atoms with Crippen molar-refractivity contribution in [3.63, 3.8) is 0 Å². The first-order valence-corrected chi connectivity index (χ1v) is 11.5. The molecule has 0 unspecified atom stereocenters. The van der Waals surface area contributed by atoms with E-state index in [1.807, 2.05) is 23.7 Å². The molecule has 0 saturated carbocycles. The Balaban J connectivity index is 1.65. The van der Waals surface area contributed by atoms with Crippen LogP contribution in [0.2, 0.25) is 0 Å². The molecule has 1 aliphatic heterocycles. The Bertz CT molecular complexity index is 1140. The monoisotopic (exact) mass is 438 g/mol. The maximum Gasteiger partial charge on any atom is 0.252 e. The van der Waals surface area contributed by atoms with Gasteiger partial charge in [-0.25, -0.2) is 4.68 Å². The van der Waals surface area contributed by atoms with Crippen LogP contribution in [-0.2, 0) is 23.4 Å². The lowest BCUT2D eigenvalue weighted by atomic mass is 10.0. The van der Waals surface area contributed by atoms with Gasteiger partial charge < -0.3 is 9.72 Å². The third-order valence-electron chi connectivity index (χ3n) is 6.61. The highest BCUT2D eigenvalue weighted by Crippen LogP contribution is 2.23. The number of fused-ring (bicyclic) bond motifs is 1. The number of aryl methyl sites for hydroxylation is 2. The highest BCUT2D eigenvalue weighted by molar-refractivity contribution is 5.83. The minimum Gasteiger partial charge on any atom is -0.377 e. The summed E-state index contributed by atoms with van der Waals surface area (Å²) >= 11 is 0. The van der Waals surface area contributed by atoms with Gasteiger partial charge in [-0.05, 0) is 80.6 Å². The number of rotatable bonds is 8. The van der Waals surface area contributed by atoms with Crippen LogP contribution in [0.25, 0.3) is 10.9 Å². The molecule has 2 aromatic heterocycles. The van der Waals surface area contributed by atoms with Crippen molar-refractivity contribution in [2.75, 3.05) is 13.2 Å². The lowest BCUT2D eigenvalue weighted by Crippen LogP contribution is -2.36. The number of aromatic nitrogens is 5. The number of H-pyrrole nitrogens is 1. The highest BCUT2D eigenvalue weighted by Gasteiger charge is 2.26. The van der Waals surface area contributed by atoms with Gasteiger partial charge in [0.15, 0.2) is 5.82 Å². The van der Waals surface area contributed by atoms with Gasteiger partial charge in [-0.1, -0.05) is 13.0 Å². The van der Waals surface area contributed by atoms with E-state index in [0.717, 1.165) is 65.8 Å². The number of nitrogens with zero attached hydrogens (tertiary/aromatic N) is 5. The van der Waals surface area contributed by atoms with E-state index < -0.39 is 0 Å². The summed E-state index contributed by atoms with van der Waals surface area (Å²) in [5.41, 5.74) is 3.71. The van der Waals surface area contributed by atoms with E-state index in [1.165, 1.54) is 0 Å². The van der Waals surface area contributed by atoms with Crippen molar-refractivity contribution >= 4 is 10.9 Å². The summed E-state index contributed by atoms with van der Waals surface area (Å²) in [4.78, 5) is 18.3. The summed E-state index contributed by atoms with van der Waals surface area (Å²) in [6, 6.07) is 6.21. The molecular formula is C24H34N6O2. The number of hydrogen-bond donors (Lipinski definition) is 1. The van der Waals surface area contributed by atoms with Crippen LogP contribution in [0, 0.1) is 13.8 Å². The number of nitrogens with one attached hydrogen (secondary N) is 1. The molecule has 32 heavy (non-hydrogen) atoms. The summed E-state index contributed by atoms with van der Waals surface area (Å²) in [7, 11) is 0. The van der Waals surface area contributed by atoms with Gasteiger partial charge in [0.1, 0.15) is 0 Å². The second kappa shape index (κ2) is 9.11. The molecule has 3 aromatic rings. The third-order valence-corrected chi connectivity index (χ3v) is 6.61. The van der Waals surface area contributed by atoms with Crippen molar-refractivity contribution in [1.29, 1.82) is 0 Å². The largest absolute Gasteiger partial charge is 0.377 e. The van der Waals surface area contributed by atoms with Gasteiger partial charge in [-0.3, -0.25) is 9.69 Å². The minimum atomic E-state index is -0.177. The van der Waals surface area contributed by atoms with E-state index in [2.05, 4.69) is 59.2 Å². The Morgan fingerprint density at radius 3 is 2.78 bits per heavy atom. The number of hydrogen-bond acceptors (Lipinski definition) is 6. The number of tetrazole rings is 1. The van der Waals surface area contributed by atoms with Crippen molar-refractivity contribution in [3.05, 3.63) is 51.1 Å². The van der Waals surface area contributed by atoms with E-state index in [9.17, 15) is 4.79 Å². The van der Waals surface area contributed by atoms with Crippen molar-refractivity contribution in [2.24, 2.45) is 0 Å². The zero-order chi connectivity index (χ0) is 22.9. The Morgan fingerprint density at radius 2 is 2.06 bits per heavy atom. The topological polar surface area (TPSA) is 88.9 Å². The Morgan fingerprint density at radius 1 is 1.25 bits per heavy atom. The Hall–Kier alpha value is -2.58. The Kier molecular flexibility index (Phi) is 6.44. The maximum absolute atomic E-state index is 12.9. The van der Waals surface area contributed by atoms with Gasteiger partial charge in [0.2, 0.25) is 0 Å². The summed E-state index contributed by atoms with van der Waals surface area (Å²) < 4.78 is 7.82. The fourth-order valence-corrected chi connectivity index (χ4v) is 4.46. The van der Waals surface area contributed by atoms with Crippen LogP contribution in [-0.4, -0.2) is 49.3 Å². The first-order valence-electron chi connectivity index (χ1n) is 11.5. The average Bonchev–Trinajstić information content (AvgIpc) is 3.41. The van der Waals surface area contributed by atoms with E-state index in [1.54, 1.807) is 0 Å². The second-order valence-corrected chi connectivity index (χ2v) is 9.64. The van der Waals surface area contributed by atoms with Crippen LogP contribution in [0.15, 0.2) is 23.0 Å². The van der Waals surface area contributed by atoms with E-state index in [0.29, 0.717) is 13.1 Å². The molecule has 1 saturated heterocycles. The molecule has 0 aliphatic carbocycles. The smallest absolute Gasteiger partial charge is 0.252 e. The number of pyridine rings is 1. The van der Waals surface area contributed by atoms with Crippen LogP contribution in [0.4, 0.5) is 0 Å². The summed E-state index contributed by atoms with van der Waals surface area (Å²) in [6.45, 7) is 13.1. The molecule has 0 amide bonds. The molecule has 4 rings (SSSR count). The van der Waals surface area contributed by atoms with E-state index in [4.69, 9.17) is 4.74 Å². The molecule has 3 heterocycles. The molecular weight excluding hydrogens is 404 g/mol. The SMILES string of the molecule is CCC(C)(C)n1nnnc1CN(Cc1cc2c(C)cc(C)cc2[nH]c1=O)C[C@H]1CCCO1. The predicted octanol–water partition coefficient (Wildman–Crippen LogP) is 3.46. The lowest BCUT2D eigenvalue weighted by molar-refractivity contribution is 0.0655. The van der Waals surface area contributed by atoms with Crippen molar-refractivity contribution in [1.82, 2.24) is 30.1 Å². The highest BCUT2D eigenvalue weighted by atomic mass is 16.5. The van der Waals surface area contributed by atoms with Gasteiger partial charge in [-0.2, -0.15) is 0 Å². The Labute approximate surface area is 189 Å². The van der Waals surface area contributed by atoms with Crippen LogP contribution in [0.1, 0.15) is 62.5 Å². The fraction of sp³-hybridized carbons (Fsp3) is 0.583. The normalized spacial score (nSPS) is 17.0. The number of ether oxygens (including phenoxy) is 1. The number of benzene rings is 1. The van der Waals surface area contributed by atoms with Gasteiger partial charge in [0.05, 0.1) is 18.2 Å². The standard InChI is InChI=1S/C24H34N6O2/c1-6-24(4,5)30-22(26-27-28-30)15-29(14-19-8-7-9-32-19)13-18-12-20-17(3)10-16(2)11-21(20)25-23(18)31/h10-12,19H,6-9,13-15H2,1-5H3,(H,25,31)/t19-/m1/s1.